The summed E-state index contributed by atoms with van der Waals surface area (Å²) in [7, 11) is 0. The van der Waals surface area contributed by atoms with Crippen molar-refractivity contribution in [1.29, 1.82) is 0 Å². The van der Waals surface area contributed by atoms with E-state index in [0.29, 0.717) is 0 Å². The molecule has 2 N–H and O–H groups in total. The van der Waals surface area contributed by atoms with E-state index in [9.17, 15) is 13.6 Å². The molecular formula is C11H13ClF2INO2. The molecule has 1 aromatic rings. The first kappa shape index (κ1) is 17.5. The van der Waals surface area contributed by atoms with Crippen LogP contribution >= 0.6 is 35.0 Å². The summed E-state index contributed by atoms with van der Waals surface area (Å²) in [6.45, 7) is 1.36. The van der Waals surface area contributed by atoms with E-state index in [1.54, 1.807) is 12.1 Å². The molecule has 0 fully saturated rings. The zero-order chi connectivity index (χ0) is 13.1. The van der Waals surface area contributed by atoms with Crippen molar-refractivity contribution in [3.8, 4) is 0 Å². The molecule has 18 heavy (non-hydrogen) atoms. The molecule has 0 saturated carbocycles. The van der Waals surface area contributed by atoms with Crippen molar-refractivity contribution in [3.05, 3.63) is 33.4 Å². The molecule has 0 aliphatic carbocycles. The lowest BCUT2D eigenvalue weighted by molar-refractivity contribution is -0.174. The van der Waals surface area contributed by atoms with E-state index in [1.807, 2.05) is 22.6 Å². The van der Waals surface area contributed by atoms with Crippen LogP contribution in [0.4, 0.5) is 8.78 Å². The third-order valence-corrected chi connectivity index (χ3v) is 2.82. The fourth-order valence-corrected chi connectivity index (χ4v) is 1.83. The van der Waals surface area contributed by atoms with Crippen LogP contribution in [-0.4, -0.2) is 18.5 Å². The Balaban J connectivity index is 0.00000289. The minimum atomic E-state index is -3.72. The first-order chi connectivity index (χ1) is 7.89. The summed E-state index contributed by atoms with van der Waals surface area (Å²) in [6.07, 6.45) is 0. The molecule has 1 rings (SSSR count). The Morgan fingerprint density at radius 1 is 1.56 bits per heavy atom. The molecule has 0 aliphatic rings. The molecule has 7 heteroatoms. The minimum absolute atomic E-state index is 0. The smallest absolute Gasteiger partial charge is 0.379 e. The Morgan fingerprint density at radius 3 is 2.67 bits per heavy atom. The fraction of sp³-hybridized carbons (Fsp3) is 0.364. The second-order valence-electron chi connectivity index (χ2n) is 3.38. The number of hydrogen-bond acceptors (Lipinski definition) is 3. The summed E-state index contributed by atoms with van der Waals surface area (Å²) >= 11 is 1.98. The zero-order valence-corrected chi connectivity index (χ0v) is 12.5. The molecule has 0 bridgehead atoms. The van der Waals surface area contributed by atoms with Gasteiger partial charge in [0, 0.05) is 3.57 Å². The SMILES string of the molecule is CCOC(=O)C(F)(F)[C@@H](N)c1cccc(I)c1.Cl. The molecule has 3 nitrogen and oxygen atoms in total. The Kier molecular flexibility index (Phi) is 7.01. The molecule has 102 valence electrons. The second kappa shape index (κ2) is 7.20. The van der Waals surface area contributed by atoms with Crippen LogP contribution in [0.25, 0.3) is 0 Å². The standard InChI is InChI=1S/C11H12F2INO2.ClH/c1-2-17-10(16)11(12,13)9(15)7-4-3-5-8(14)6-7;/h3-6,9H,2,15H2,1H3;1H/t9-;/m0./s1. The van der Waals surface area contributed by atoms with Crippen LogP contribution in [0, 0.1) is 3.57 Å². The summed E-state index contributed by atoms with van der Waals surface area (Å²) in [6, 6.07) is 4.63. The lowest BCUT2D eigenvalue weighted by Crippen LogP contribution is -2.41. The molecular weight excluding hydrogens is 378 g/mol. The van der Waals surface area contributed by atoms with Crippen molar-refractivity contribution >= 4 is 41.0 Å². The van der Waals surface area contributed by atoms with Gasteiger partial charge in [-0.05, 0) is 47.2 Å². The van der Waals surface area contributed by atoms with Crippen molar-refractivity contribution in [2.45, 2.75) is 18.9 Å². The van der Waals surface area contributed by atoms with Gasteiger partial charge < -0.3 is 10.5 Å². The molecule has 1 atom stereocenters. The number of benzene rings is 1. The molecule has 0 aromatic heterocycles. The van der Waals surface area contributed by atoms with Crippen molar-refractivity contribution in [3.63, 3.8) is 0 Å². The van der Waals surface area contributed by atoms with Gasteiger partial charge in [-0.2, -0.15) is 8.78 Å². The van der Waals surface area contributed by atoms with Crippen LogP contribution in [0.2, 0.25) is 0 Å². The first-order valence-electron chi connectivity index (χ1n) is 4.95. The van der Waals surface area contributed by atoms with Crippen LogP contribution in [0.15, 0.2) is 24.3 Å². The molecule has 0 unspecified atom stereocenters. The lowest BCUT2D eigenvalue weighted by Gasteiger charge is -2.21. The van der Waals surface area contributed by atoms with Gasteiger partial charge in [0.15, 0.2) is 0 Å². The van der Waals surface area contributed by atoms with Gasteiger partial charge in [-0.1, -0.05) is 12.1 Å². The number of nitrogens with two attached hydrogens (primary N) is 1. The number of carbonyl (C=O) groups is 1. The van der Waals surface area contributed by atoms with Gasteiger partial charge in [-0.25, -0.2) is 4.79 Å². The summed E-state index contributed by atoms with van der Waals surface area (Å²) in [5.74, 6) is -5.31. The highest BCUT2D eigenvalue weighted by molar-refractivity contribution is 14.1. The molecule has 0 saturated heterocycles. The fourth-order valence-electron chi connectivity index (χ4n) is 1.26. The second-order valence-corrected chi connectivity index (χ2v) is 4.62. The molecule has 0 spiro atoms. The van der Waals surface area contributed by atoms with Crippen molar-refractivity contribution in [1.82, 2.24) is 0 Å². The summed E-state index contributed by atoms with van der Waals surface area (Å²) in [4.78, 5) is 11.1. The lowest BCUT2D eigenvalue weighted by atomic mass is 10.0. The number of rotatable bonds is 4. The predicted octanol–water partition coefficient (Wildman–Crippen LogP) is 2.91. The van der Waals surface area contributed by atoms with E-state index in [4.69, 9.17) is 5.73 Å². The average Bonchev–Trinajstić information content (AvgIpc) is 2.28. The Labute approximate surface area is 124 Å². The summed E-state index contributed by atoms with van der Waals surface area (Å²) in [5.41, 5.74) is 5.62. The van der Waals surface area contributed by atoms with Crippen LogP contribution in [-0.2, 0) is 9.53 Å². The van der Waals surface area contributed by atoms with E-state index in [0.717, 1.165) is 3.57 Å². The molecule has 0 amide bonds. The summed E-state index contributed by atoms with van der Waals surface area (Å²) < 4.78 is 32.3. The van der Waals surface area contributed by atoms with Crippen molar-refractivity contribution < 1.29 is 18.3 Å². The van der Waals surface area contributed by atoms with Crippen molar-refractivity contribution in [2.24, 2.45) is 5.73 Å². The molecule has 0 aliphatic heterocycles. The van der Waals surface area contributed by atoms with E-state index >= 15 is 0 Å². The van der Waals surface area contributed by atoms with E-state index in [1.165, 1.54) is 19.1 Å². The van der Waals surface area contributed by atoms with Crippen LogP contribution < -0.4 is 5.73 Å². The van der Waals surface area contributed by atoms with E-state index in [-0.39, 0.29) is 24.6 Å². The monoisotopic (exact) mass is 391 g/mol. The maximum atomic E-state index is 13.6. The normalized spacial score (nSPS) is 12.5. The Bertz CT molecular complexity index is 418. The average molecular weight is 392 g/mol. The maximum Gasteiger partial charge on any atom is 0.379 e. The number of hydrogen-bond donors (Lipinski definition) is 1. The quantitative estimate of drug-likeness (QED) is 0.634. The van der Waals surface area contributed by atoms with Gasteiger partial charge in [0.1, 0.15) is 6.04 Å². The van der Waals surface area contributed by atoms with Gasteiger partial charge >= 0.3 is 11.9 Å². The molecule has 0 heterocycles. The van der Waals surface area contributed by atoms with E-state index in [2.05, 4.69) is 4.74 Å². The highest BCUT2D eigenvalue weighted by Crippen LogP contribution is 2.31. The third-order valence-electron chi connectivity index (χ3n) is 2.15. The predicted molar refractivity (Wildman–Crippen MR) is 74.9 cm³/mol. The van der Waals surface area contributed by atoms with Crippen molar-refractivity contribution in [2.75, 3.05) is 6.61 Å². The Hall–Kier alpha value is -0.470. The first-order valence-corrected chi connectivity index (χ1v) is 6.03. The highest BCUT2D eigenvalue weighted by atomic mass is 127. The van der Waals surface area contributed by atoms with Gasteiger partial charge in [-0.3, -0.25) is 0 Å². The number of halogens is 4. The zero-order valence-electron chi connectivity index (χ0n) is 9.53. The number of ether oxygens (including phenoxy) is 1. The van der Waals surface area contributed by atoms with Crippen LogP contribution in [0.1, 0.15) is 18.5 Å². The maximum absolute atomic E-state index is 13.6. The number of alkyl halides is 2. The number of esters is 1. The van der Waals surface area contributed by atoms with Crippen LogP contribution in [0.5, 0.6) is 0 Å². The van der Waals surface area contributed by atoms with Gasteiger partial charge in [-0.15, -0.1) is 12.4 Å². The van der Waals surface area contributed by atoms with Gasteiger partial charge in [0.25, 0.3) is 0 Å². The van der Waals surface area contributed by atoms with E-state index < -0.39 is 17.9 Å². The van der Waals surface area contributed by atoms with Gasteiger partial charge in [0.05, 0.1) is 6.61 Å². The topological polar surface area (TPSA) is 52.3 Å². The number of carbonyl (C=O) groups excluding carboxylic acids is 1. The Morgan fingerprint density at radius 2 is 2.17 bits per heavy atom. The summed E-state index contributed by atoms with van der Waals surface area (Å²) in [5, 5.41) is 0. The highest BCUT2D eigenvalue weighted by Gasteiger charge is 2.47. The van der Waals surface area contributed by atoms with Crippen LogP contribution in [0.3, 0.4) is 0 Å². The third kappa shape index (κ3) is 4.03. The van der Waals surface area contributed by atoms with Gasteiger partial charge in [0.2, 0.25) is 0 Å². The molecule has 0 radical (unpaired) electrons. The molecule has 1 aromatic carbocycles. The largest absolute Gasteiger partial charge is 0.462 e. The minimum Gasteiger partial charge on any atom is -0.462 e.